The van der Waals surface area contributed by atoms with E-state index in [0.717, 1.165) is 25.9 Å². The van der Waals surface area contributed by atoms with Crippen molar-refractivity contribution in [3.8, 4) is 0 Å². The van der Waals surface area contributed by atoms with Gasteiger partial charge in [0.2, 0.25) is 5.91 Å². The first-order valence-electron chi connectivity index (χ1n) is 8.61. The standard InChI is InChI=1S/C18H25N5O/c1-3-17(10-20-18(24)14(2)23-13-19-12-21-23)22-9-8-15-6-4-5-7-16(15)11-22/h4-7,12-14,17H,3,8-11H2,1-2H3,(H,20,24)/t14-,17-/m0/s1. The molecule has 128 valence electrons. The molecule has 2 atom stereocenters. The Morgan fingerprint density at radius 3 is 2.83 bits per heavy atom. The number of nitrogens with zero attached hydrogens (tertiary/aromatic N) is 4. The minimum absolute atomic E-state index is 0.0173. The highest BCUT2D eigenvalue weighted by Crippen LogP contribution is 2.21. The summed E-state index contributed by atoms with van der Waals surface area (Å²) in [6.45, 7) is 6.68. The lowest BCUT2D eigenvalue weighted by Gasteiger charge is -2.35. The van der Waals surface area contributed by atoms with Crippen LogP contribution in [0.1, 0.15) is 37.4 Å². The summed E-state index contributed by atoms with van der Waals surface area (Å²) >= 11 is 0. The van der Waals surface area contributed by atoms with Gasteiger partial charge in [0.15, 0.2) is 0 Å². The van der Waals surface area contributed by atoms with E-state index in [1.807, 2.05) is 6.92 Å². The number of hydrogen-bond donors (Lipinski definition) is 1. The smallest absolute Gasteiger partial charge is 0.244 e. The molecule has 24 heavy (non-hydrogen) atoms. The van der Waals surface area contributed by atoms with Crippen molar-refractivity contribution in [2.24, 2.45) is 0 Å². The summed E-state index contributed by atoms with van der Waals surface area (Å²) in [5, 5.41) is 7.11. The highest BCUT2D eigenvalue weighted by Gasteiger charge is 2.23. The molecule has 0 aliphatic carbocycles. The van der Waals surface area contributed by atoms with Gasteiger partial charge in [0.1, 0.15) is 18.7 Å². The van der Waals surface area contributed by atoms with Crippen molar-refractivity contribution in [2.75, 3.05) is 13.1 Å². The molecule has 0 spiro atoms. The number of benzene rings is 1. The van der Waals surface area contributed by atoms with Gasteiger partial charge in [-0.3, -0.25) is 9.69 Å². The number of fused-ring (bicyclic) bond motifs is 1. The summed E-state index contributed by atoms with van der Waals surface area (Å²) in [4.78, 5) is 18.7. The maximum absolute atomic E-state index is 12.3. The molecular formula is C18H25N5O. The van der Waals surface area contributed by atoms with Crippen molar-refractivity contribution in [3.63, 3.8) is 0 Å². The first-order chi connectivity index (χ1) is 11.7. The van der Waals surface area contributed by atoms with Gasteiger partial charge in [-0.15, -0.1) is 0 Å². The minimum Gasteiger partial charge on any atom is -0.353 e. The number of carbonyl (C=O) groups excluding carboxylic acids is 1. The molecule has 1 aromatic heterocycles. The van der Waals surface area contributed by atoms with Crippen LogP contribution in [0.15, 0.2) is 36.9 Å². The minimum atomic E-state index is -0.341. The number of hydrogen-bond acceptors (Lipinski definition) is 4. The summed E-state index contributed by atoms with van der Waals surface area (Å²) in [6.07, 6.45) is 5.11. The van der Waals surface area contributed by atoms with E-state index < -0.39 is 0 Å². The van der Waals surface area contributed by atoms with Crippen molar-refractivity contribution in [3.05, 3.63) is 48.0 Å². The van der Waals surface area contributed by atoms with E-state index in [-0.39, 0.29) is 11.9 Å². The van der Waals surface area contributed by atoms with E-state index in [1.165, 1.54) is 17.5 Å². The normalized spacial score (nSPS) is 17.1. The highest BCUT2D eigenvalue weighted by molar-refractivity contribution is 5.79. The topological polar surface area (TPSA) is 63.1 Å². The van der Waals surface area contributed by atoms with Gasteiger partial charge in [-0.1, -0.05) is 31.2 Å². The zero-order chi connectivity index (χ0) is 16.9. The molecule has 6 nitrogen and oxygen atoms in total. The van der Waals surface area contributed by atoms with Crippen molar-refractivity contribution in [1.29, 1.82) is 0 Å². The third-order valence-corrected chi connectivity index (χ3v) is 4.87. The van der Waals surface area contributed by atoms with Crippen LogP contribution in [0.3, 0.4) is 0 Å². The average molecular weight is 327 g/mol. The zero-order valence-electron chi connectivity index (χ0n) is 14.4. The van der Waals surface area contributed by atoms with Gasteiger partial charge in [-0.2, -0.15) is 5.10 Å². The fourth-order valence-corrected chi connectivity index (χ4v) is 3.26. The second kappa shape index (κ2) is 7.57. The lowest BCUT2D eigenvalue weighted by Crippen LogP contribution is -2.46. The lowest BCUT2D eigenvalue weighted by molar-refractivity contribution is -0.124. The first kappa shape index (κ1) is 16.6. The Hall–Kier alpha value is -2.21. The van der Waals surface area contributed by atoms with Crippen molar-refractivity contribution in [2.45, 2.75) is 45.3 Å². The van der Waals surface area contributed by atoms with Crippen LogP contribution >= 0.6 is 0 Å². The molecule has 1 aromatic carbocycles. The first-order valence-corrected chi connectivity index (χ1v) is 8.61. The van der Waals surface area contributed by atoms with Crippen molar-refractivity contribution >= 4 is 5.91 Å². The third kappa shape index (κ3) is 3.64. The molecule has 0 saturated heterocycles. The predicted molar refractivity (Wildman–Crippen MR) is 92.4 cm³/mol. The maximum atomic E-state index is 12.3. The van der Waals surface area contributed by atoms with E-state index in [4.69, 9.17) is 0 Å². The summed E-state index contributed by atoms with van der Waals surface area (Å²) < 4.78 is 1.58. The number of aromatic nitrogens is 3. The fourth-order valence-electron chi connectivity index (χ4n) is 3.26. The monoisotopic (exact) mass is 327 g/mol. The molecule has 0 fully saturated rings. The maximum Gasteiger partial charge on any atom is 0.244 e. The summed E-state index contributed by atoms with van der Waals surface area (Å²) in [6, 6.07) is 8.65. The van der Waals surface area contributed by atoms with Crippen LogP contribution < -0.4 is 5.32 Å². The van der Waals surface area contributed by atoms with Gasteiger partial charge in [0.25, 0.3) is 0 Å². The quantitative estimate of drug-likeness (QED) is 0.879. The molecule has 1 amide bonds. The zero-order valence-corrected chi connectivity index (χ0v) is 14.4. The second-order valence-corrected chi connectivity index (χ2v) is 6.35. The van der Waals surface area contributed by atoms with Crippen LogP contribution in [0.4, 0.5) is 0 Å². The van der Waals surface area contributed by atoms with E-state index in [1.54, 1.807) is 11.0 Å². The third-order valence-electron chi connectivity index (χ3n) is 4.87. The van der Waals surface area contributed by atoms with Crippen LogP contribution in [0.25, 0.3) is 0 Å². The molecule has 3 rings (SSSR count). The molecule has 0 saturated carbocycles. The van der Waals surface area contributed by atoms with E-state index >= 15 is 0 Å². The van der Waals surface area contributed by atoms with Crippen LogP contribution in [-0.2, 0) is 17.8 Å². The van der Waals surface area contributed by atoms with Gasteiger partial charge < -0.3 is 5.32 Å². The molecule has 1 aliphatic rings. The van der Waals surface area contributed by atoms with Gasteiger partial charge in [-0.05, 0) is 30.9 Å². The highest BCUT2D eigenvalue weighted by atomic mass is 16.2. The molecule has 2 heterocycles. The Morgan fingerprint density at radius 2 is 2.12 bits per heavy atom. The molecule has 6 heteroatoms. The predicted octanol–water partition coefficient (Wildman–Crippen LogP) is 1.79. The average Bonchev–Trinajstić information content (AvgIpc) is 3.16. The molecule has 1 aliphatic heterocycles. The van der Waals surface area contributed by atoms with Crippen LogP contribution in [0.5, 0.6) is 0 Å². The Labute approximate surface area is 142 Å². The molecule has 2 aromatic rings. The van der Waals surface area contributed by atoms with Gasteiger partial charge in [0.05, 0.1) is 0 Å². The summed E-state index contributed by atoms with van der Waals surface area (Å²) in [5.41, 5.74) is 2.86. The van der Waals surface area contributed by atoms with Crippen LogP contribution in [-0.4, -0.2) is 44.7 Å². The van der Waals surface area contributed by atoms with Gasteiger partial charge in [0, 0.05) is 25.7 Å². The Bertz CT molecular complexity index is 670. The van der Waals surface area contributed by atoms with Crippen molar-refractivity contribution in [1.82, 2.24) is 25.0 Å². The lowest BCUT2D eigenvalue weighted by atomic mass is 9.98. The van der Waals surface area contributed by atoms with E-state index in [0.29, 0.717) is 12.6 Å². The number of carbonyl (C=O) groups is 1. The summed E-state index contributed by atoms with van der Waals surface area (Å²) in [5.74, 6) is -0.0173. The Kier molecular flexibility index (Phi) is 5.25. The van der Waals surface area contributed by atoms with Gasteiger partial charge in [-0.25, -0.2) is 9.67 Å². The summed E-state index contributed by atoms with van der Waals surface area (Å²) in [7, 11) is 0. The largest absolute Gasteiger partial charge is 0.353 e. The van der Waals surface area contributed by atoms with Crippen molar-refractivity contribution < 1.29 is 4.79 Å². The molecule has 1 N–H and O–H groups in total. The molecule has 0 radical (unpaired) electrons. The second-order valence-electron chi connectivity index (χ2n) is 6.35. The Balaban J connectivity index is 1.56. The Morgan fingerprint density at radius 1 is 1.33 bits per heavy atom. The number of nitrogens with one attached hydrogen (secondary N) is 1. The molecule has 0 bridgehead atoms. The van der Waals surface area contributed by atoms with E-state index in [9.17, 15) is 4.79 Å². The number of rotatable bonds is 6. The fraction of sp³-hybridized carbons (Fsp3) is 0.500. The van der Waals surface area contributed by atoms with Crippen LogP contribution in [0, 0.1) is 0 Å². The number of amides is 1. The SMILES string of the molecule is CC[C@@H](CNC(=O)[C@H](C)n1cncn1)N1CCc2ccccc2C1. The van der Waals surface area contributed by atoms with Crippen LogP contribution in [0.2, 0.25) is 0 Å². The van der Waals surface area contributed by atoms with Gasteiger partial charge >= 0.3 is 0 Å². The van der Waals surface area contributed by atoms with E-state index in [2.05, 4.69) is 51.5 Å². The molecular weight excluding hydrogens is 302 g/mol. The molecule has 0 unspecified atom stereocenters.